The molecule has 0 spiro atoms. The van der Waals surface area contributed by atoms with E-state index in [4.69, 9.17) is 4.74 Å². The highest BCUT2D eigenvalue weighted by Gasteiger charge is 2.28. The molecule has 1 aliphatic rings. The van der Waals surface area contributed by atoms with Crippen LogP contribution in [0.25, 0.3) is 0 Å². The highest BCUT2D eigenvalue weighted by Crippen LogP contribution is 2.27. The first-order valence-electron chi connectivity index (χ1n) is 5.86. The standard InChI is InChI=1S/C12H23NO2/c1-9-6-5-7-11(8-9)13(3)10(2)12(14)15-4/h9-11H,5-8H2,1-4H3. The van der Waals surface area contributed by atoms with Crippen LogP contribution in [-0.4, -0.2) is 37.1 Å². The summed E-state index contributed by atoms with van der Waals surface area (Å²) in [7, 11) is 3.49. The lowest BCUT2D eigenvalue weighted by Gasteiger charge is -2.36. The molecule has 0 aromatic rings. The van der Waals surface area contributed by atoms with E-state index in [1.807, 2.05) is 14.0 Å². The molecule has 3 nitrogen and oxygen atoms in total. The summed E-state index contributed by atoms with van der Waals surface area (Å²) in [5, 5.41) is 0. The smallest absolute Gasteiger partial charge is 0.322 e. The van der Waals surface area contributed by atoms with Crippen molar-refractivity contribution in [1.29, 1.82) is 0 Å². The van der Waals surface area contributed by atoms with E-state index in [-0.39, 0.29) is 12.0 Å². The van der Waals surface area contributed by atoms with Gasteiger partial charge in [0, 0.05) is 6.04 Å². The van der Waals surface area contributed by atoms with Crippen molar-refractivity contribution in [3.8, 4) is 0 Å². The molecule has 0 N–H and O–H groups in total. The minimum absolute atomic E-state index is 0.120. The third-order valence-corrected chi connectivity index (χ3v) is 3.64. The van der Waals surface area contributed by atoms with Gasteiger partial charge in [-0.1, -0.05) is 19.8 Å². The summed E-state index contributed by atoms with van der Waals surface area (Å²) in [6.07, 6.45) is 5.03. The Morgan fingerprint density at radius 2 is 2.13 bits per heavy atom. The molecule has 1 saturated carbocycles. The molecule has 3 atom stereocenters. The van der Waals surface area contributed by atoms with Crippen LogP contribution in [0.1, 0.15) is 39.5 Å². The molecule has 88 valence electrons. The van der Waals surface area contributed by atoms with Crippen LogP contribution in [-0.2, 0) is 9.53 Å². The Bertz CT molecular complexity index is 218. The fourth-order valence-corrected chi connectivity index (χ4v) is 2.43. The average Bonchev–Trinajstić information content (AvgIpc) is 2.26. The Kier molecular flexibility index (Phi) is 4.58. The normalized spacial score (nSPS) is 28.9. The average molecular weight is 213 g/mol. The van der Waals surface area contributed by atoms with E-state index in [0.717, 1.165) is 5.92 Å². The van der Waals surface area contributed by atoms with Crippen molar-refractivity contribution >= 4 is 5.97 Å². The molecule has 0 aliphatic heterocycles. The quantitative estimate of drug-likeness (QED) is 0.672. The SMILES string of the molecule is COC(=O)C(C)N(C)C1CCCC(C)C1. The Hall–Kier alpha value is -0.570. The molecule has 15 heavy (non-hydrogen) atoms. The van der Waals surface area contributed by atoms with E-state index in [0.29, 0.717) is 6.04 Å². The molecule has 3 heteroatoms. The Morgan fingerprint density at radius 3 is 2.67 bits per heavy atom. The molecule has 1 fully saturated rings. The lowest BCUT2D eigenvalue weighted by atomic mass is 9.86. The molecule has 0 aromatic heterocycles. The van der Waals surface area contributed by atoms with E-state index in [1.54, 1.807) is 0 Å². The number of hydrogen-bond donors (Lipinski definition) is 0. The summed E-state index contributed by atoms with van der Waals surface area (Å²) in [5.74, 6) is 0.659. The van der Waals surface area contributed by atoms with Gasteiger partial charge in [-0.05, 0) is 32.7 Å². The van der Waals surface area contributed by atoms with Crippen LogP contribution in [0.5, 0.6) is 0 Å². The van der Waals surface area contributed by atoms with Crippen molar-refractivity contribution in [3.63, 3.8) is 0 Å². The molecule has 0 aromatic carbocycles. The number of nitrogens with zero attached hydrogens (tertiary/aromatic N) is 1. The molecule has 1 rings (SSSR count). The van der Waals surface area contributed by atoms with Gasteiger partial charge < -0.3 is 4.74 Å². The molecule has 0 heterocycles. The van der Waals surface area contributed by atoms with Crippen LogP contribution in [0.3, 0.4) is 0 Å². The number of carbonyl (C=O) groups is 1. The van der Waals surface area contributed by atoms with Gasteiger partial charge >= 0.3 is 5.97 Å². The van der Waals surface area contributed by atoms with Crippen molar-refractivity contribution < 1.29 is 9.53 Å². The van der Waals surface area contributed by atoms with Gasteiger partial charge in [-0.25, -0.2) is 0 Å². The van der Waals surface area contributed by atoms with Gasteiger partial charge in [0.2, 0.25) is 0 Å². The van der Waals surface area contributed by atoms with E-state index in [1.165, 1.54) is 32.8 Å². The summed E-state index contributed by atoms with van der Waals surface area (Å²) in [6.45, 7) is 4.22. The monoisotopic (exact) mass is 213 g/mol. The fourth-order valence-electron chi connectivity index (χ4n) is 2.43. The maximum atomic E-state index is 11.4. The van der Waals surface area contributed by atoms with Gasteiger partial charge in [0.1, 0.15) is 6.04 Å². The lowest BCUT2D eigenvalue weighted by molar-refractivity contribution is -0.147. The molecule has 0 radical (unpaired) electrons. The minimum atomic E-state index is -0.129. The summed E-state index contributed by atoms with van der Waals surface area (Å²) >= 11 is 0. The molecule has 0 bridgehead atoms. The first-order valence-corrected chi connectivity index (χ1v) is 5.86. The minimum Gasteiger partial charge on any atom is -0.468 e. The molecular weight excluding hydrogens is 190 g/mol. The van der Waals surface area contributed by atoms with Gasteiger partial charge in [-0.2, -0.15) is 0 Å². The van der Waals surface area contributed by atoms with E-state index in [9.17, 15) is 4.79 Å². The third-order valence-electron chi connectivity index (χ3n) is 3.64. The Morgan fingerprint density at radius 1 is 1.47 bits per heavy atom. The van der Waals surface area contributed by atoms with Crippen molar-refractivity contribution in [2.45, 2.75) is 51.6 Å². The maximum absolute atomic E-state index is 11.4. The number of rotatable bonds is 3. The zero-order valence-corrected chi connectivity index (χ0v) is 10.3. The van der Waals surface area contributed by atoms with Crippen molar-refractivity contribution in [1.82, 2.24) is 4.90 Å². The zero-order chi connectivity index (χ0) is 11.4. The number of hydrogen-bond acceptors (Lipinski definition) is 3. The van der Waals surface area contributed by atoms with Crippen LogP contribution >= 0.6 is 0 Å². The summed E-state index contributed by atoms with van der Waals surface area (Å²) < 4.78 is 4.77. The van der Waals surface area contributed by atoms with Gasteiger partial charge in [0.15, 0.2) is 0 Å². The predicted molar refractivity (Wildman–Crippen MR) is 60.7 cm³/mol. The van der Waals surface area contributed by atoms with E-state index < -0.39 is 0 Å². The lowest BCUT2D eigenvalue weighted by Crippen LogP contribution is -2.45. The fraction of sp³-hybridized carbons (Fsp3) is 0.917. The second-order valence-corrected chi connectivity index (χ2v) is 4.79. The van der Waals surface area contributed by atoms with Crippen LogP contribution < -0.4 is 0 Å². The number of likely N-dealkylation sites (N-methyl/N-ethyl adjacent to an activating group) is 1. The number of esters is 1. The van der Waals surface area contributed by atoms with Gasteiger partial charge in [0.25, 0.3) is 0 Å². The molecule has 0 amide bonds. The van der Waals surface area contributed by atoms with E-state index >= 15 is 0 Å². The van der Waals surface area contributed by atoms with Gasteiger partial charge in [-0.15, -0.1) is 0 Å². The van der Waals surface area contributed by atoms with Crippen LogP contribution in [0, 0.1) is 5.92 Å². The largest absolute Gasteiger partial charge is 0.468 e. The highest BCUT2D eigenvalue weighted by atomic mass is 16.5. The second-order valence-electron chi connectivity index (χ2n) is 4.79. The van der Waals surface area contributed by atoms with E-state index in [2.05, 4.69) is 11.8 Å². The van der Waals surface area contributed by atoms with Gasteiger partial charge in [-0.3, -0.25) is 9.69 Å². The number of ether oxygens (including phenoxy) is 1. The van der Waals surface area contributed by atoms with Crippen molar-refractivity contribution in [2.75, 3.05) is 14.2 Å². The first kappa shape index (κ1) is 12.5. The molecule has 1 aliphatic carbocycles. The molecular formula is C12H23NO2. The number of carbonyl (C=O) groups excluding carboxylic acids is 1. The van der Waals surface area contributed by atoms with Gasteiger partial charge in [0.05, 0.1) is 7.11 Å². The first-order chi connectivity index (χ1) is 7.06. The molecule has 0 saturated heterocycles. The summed E-state index contributed by atoms with van der Waals surface area (Å²) in [4.78, 5) is 13.6. The zero-order valence-electron chi connectivity index (χ0n) is 10.3. The third kappa shape index (κ3) is 3.20. The predicted octanol–water partition coefficient (Wildman–Crippen LogP) is 2.06. The molecule has 3 unspecified atom stereocenters. The Balaban J connectivity index is 2.51. The summed E-state index contributed by atoms with van der Waals surface area (Å²) in [6, 6.07) is 0.424. The number of methoxy groups -OCH3 is 1. The maximum Gasteiger partial charge on any atom is 0.322 e. The highest BCUT2D eigenvalue weighted by molar-refractivity contribution is 5.75. The van der Waals surface area contributed by atoms with Crippen molar-refractivity contribution in [2.24, 2.45) is 5.92 Å². The van der Waals surface area contributed by atoms with Crippen LogP contribution in [0.2, 0.25) is 0 Å². The topological polar surface area (TPSA) is 29.5 Å². The second kappa shape index (κ2) is 5.50. The Labute approximate surface area is 92.8 Å². The van der Waals surface area contributed by atoms with Crippen LogP contribution in [0.15, 0.2) is 0 Å². The van der Waals surface area contributed by atoms with Crippen molar-refractivity contribution in [3.05, 3.63) is 0 Å². The van der Waals surface area contributed by atoms with Crippen LogP contribution in [0.4, 0.5) is 0 Å². The summed E-state index contributed by atoms with van der Waals surface area (Å²) in [5.41, 5.74) is 0.